The Hall–Kier alpha value is -5.47. The molecule has 0 aliphatic carbocycles. The Morgan fingerprint density at radius 3 is 2.57 bits per heavy atom. The van der Waals surface area contributed by atoms with E-state index in [1.54, 1.807) is 44.2 Å². The zero-order valence-electron chi connectivity index (χ0n) is 35.6. The molecule has 3 amide bonds. The summed E-state index contributed by atoms with van der Waals surface area (Å²) < 4.78 is 19.7. The number of hydrogen-bond donors (Lipinski definition) is 3. The average molecular weight is 823 g/mol. The number of methoxy groups -OCH3 is 1. The smallest absolute Gasteiger partial charge is 0.410 e. The van der Waals surface area contributed by atoms with Gasteiger partial charge in [-0.2, -0.15) is 0 Å². The molecule has 6 bridgehead atoms. The normalized spacial score (nSPS) is 20.2. The zero-order chi connectivity index (χ0) is 42.7. The molecular formula is C46H58N6O8. The van der Waals surface area contributed by atoms with Crippen LogP contribution in [0.1, 0.15) is 77.0 Å². The van der Waals surface area contributed by atoms with Crippen LogP contribution in [0.5, 0.6) is 5.75 Å². The second-order valence-electron chi connectivity index (χ2n) is 17.4. The van der Waals surface area contributed by atoms with Crippen molar-refractivity contribution in [2.45, 2.75) is 104 Å². The summed E-state index contributed by atoms with van der Waals surface area (Å²) >= 11 is 0. The molecule has 0 spiro atoms. The van der Waals surface area contributed by atoms with Gasteiger partial charge in [-0.15, -0.1) is 0 Å². The highest BCUT2D eigenvalue weighted by molar-refractivity contribution is 5.96. The van der Waals surface area contributed by atoms with Gasteiger partial charge in [-0.05, 0) is 103 Å². The summed E-state index contributed by atoms with van der Waals surface area (Å²) in [6.45, 7) is 12.5. The maximum atomic E-state index is 14.5. The van der Waals surface area contributed by atoms with Crippen LogP contribution >= 0.6 is 0 Å². The van der Waals surface area contributed by atoms with Crippen molar-refractivity contribution in [1.82, 2.24) is 30.2 Å². The van der Waals surface area contributed by atoms with E-state index in [0.29, 0.717) is 57.6 Å². The van der Waals surface area contributed by atoms with Crippen molar-refractivity contribution in [3.05, 3.63) is 71.5 Å². The van der Waals surface area contributed by atoms with E-state index in [2.05, 4.69) is 53.2 Å². The Bertz CT molecular complexity index is 2240. The zero-order valence-corrected chi connectivity index (χ0v) is 35.6. The molecule has 1 unspecified atom stereocenters. The van der Waals surface area contributed by atoms with Crippen molar-refractivity contribution in [3.8, 4) is 28.1 Å². The molecule has 0 saturated carbocycles. The first-order valence-corrected chi connectivity index (χ1v) is 21.2. The summed E-state index contributed by atoms with van der Waals surface area (Å²) in [6.07, 6.45) is 5.21. The Labute approximate surface area is 351 Å². The molecular weight excluding hydrogens is 765 g/mol. The van der Waals surface area contributed by atoms with E-state index in [-0.39, 0.29) is 24.7 Å². The Kier molecular flexibility index (Phi) is 12.8. The van der Waals surface area contributed by atoms with Crippen molar-refractivity contribution in [2.75, 3.05) is 33.4 Å². The molecule has 320 valence electrons. The first-order chi connectivity index (χ1) is 28.8. The van der Waals surface area contributed by atoms with Crippen LogP contribution in [0, 0.1) is 11.3 Å². The van der Waals surface area contributed by atoms with Crippen molar-refractivity contribution in [2.24, 2.45) is 11.3 Å². The van der Waals surface area contributed by atoms with Gasteiger partial charge in [-0.3, -0.25) is 24.4 Å². The highest BCUT2D eigenvalue weighted by Crippen LogP contribution is 2.41. The predicted molar refractivity (Wildman–Crippen MR) is 227 cm³/mol. The van der Waals surface area contributed by atoms with Crippen LogP contribution in [-0.2, 0) is 54.6 Å². The number of hydrogen-bond acceptors (Lipinski definition) is 10. The van der Waals surface area contributed by atoms with E-state index in [9.17, 15) is 24.3 Å². The summed E-state index contributed by atoms with van der Waals surface area (Å²) in [7, 11) is 1.68. The number of hydrazine groups is 1. The van der Waals surface area contributed by atoms with Gasteiger partial charge in [0.2, 0.25) is 0 Å². The van der Waals surface area contributed by atoms with Crippen molar-refractivity contribution >= 4 is 34.8 Å². The molecule has 2 fully saturated rings. The maximum Gasteiger partial charge on any atom is 0.410 e. The maximum absolute atomic E-state index is 14.5. The lowest BCUT2D eigenvalue weighted by Gasteiger charge is -2.36. The lowest BCUT2D eigenvalue weighted by Crippen LogP contribution is -2.61. The molecule has 2 aromatic carbocycles. The molecule has 2 saturated heterocycles. The number of nitrogens with zero attached hydrogens (tertiary/aromatic N) is 4. The minimum atomic E-state index is -1.16. The first kappa shape index (κ1) is 42.6. The number of aryl methyl sites for hydroxylation is 1. The molecule has 5 heterocycles. The quantitative estimate of drug-likeness (QED) is 0.176. The molecule has 3 aliphatic heterocycles. The highest BCUT2D eigenvalue weighted by atomic mass is 16.6. The van der Waals surface area contributed by atoms with Gasteiger partial charge >= 0.3 is 12.1 Å². The fourth-order valence-corrected chi connectivity index (χ4v) is 8.76. The van der Waals surface area contributed by atoms with E-state index < -0.39 is 47.5 Å². The number of carbonyl (C=O) groups excluding carboxylic acids is 4. The molecule has 3 atom stereocenters. The number of esters is 1. The van der Waals surface area contributed by atoms with Gasteiger partial charge in [0.15, 0.2) is 6.10 Å². The molecule has 14 heteroatoms. The number of cyclic esters (lactones) is 1. The third kappa shape index (κ3) is 9.14. The second kappa shape index (κ2) is 18.0. The number of nitrogens with one attached hydrogen (secondary N) is 2. The van der Waals surface area contributed by atoms with Crippen LogP contribution in [0.4, 0.5) is 4.79 Å². The number of aromatic hydroxyl groups is 1. The number of phenolic OH excluding ortho intramolecular Hbond substituents is 1. The van der Waals surface area contributed by atoms with Crippen molar-refractivity contribution < 1.29 is 38.5 Å². The van der Waals surface area contributed by atoms with Gasteiger partial charge in [0.25, 0.3) is 11.8 Å². The summed E-state index contributed by atoms with van der Waals surface area (Å²) in [5, 5.41) is 16.5. The SMILES string of the molecule is CCn1c(-c2cnccc2COC)c2c3cc(ccc31)-c1cc(O)cc(c1)C[C@H](NC(=O)C(OC(=O)N1CCCC1)C(C)C)C(=O)N1CCC[C@H](N1)C(=O)OCC(C)(C)C2. The number of amides is 3. The summed E-state index contributed by atoms with van der Waals surface area (Å²) in [6, 6.07) is 11.5. The molecule has 60 heavy (non-hydrogen) atoms. The van der Waals surface area contributed by atoms with Gasteiger partial charge in [0, 0.05) is 74.0 Å². The monoisotopic (exact) mass is 822 g/mol. The lowest BCUT2D eigenvalue weighted by atomic mass is 9.84. The first-order valence-electron chi connectivity index (χ1n) is 21.2. The Balaban J connectivity index is 1.33. The average Bonchev–Trinajstić information content (AvgIpc) is 3.88. The largest absolute Gasteiger partial charge is 0.508 e. The number of carbonyl (C=O) groups is 4. The molecule has 0 radical (unpaired) electrons. The summed E-state index contributed by atoms with van der Waals surface area (Å²) in [5.74, 6) is -1.93. The van der Waals surface area contributed by atoms with E-state index in [4.69, 9.17) is 14.2 Å². The van der Waals surface area contributed by atoms with Crippen LogP contribution in [-0.4, -0.2) is 100.0 Å². The molecule has 14 nitrogen and oxygen atoms in total. The summed E-state index contributed by atoms with van der Waals surface area (Å²) in [5.41, 5.74) is 9.81. The number of likely N-dealkylation sites (tertiary alicyclic amines) is 1. The number of fused-ring (bicyclic) bond motifs is 6. The van der Waals surface area contributed by atoms with E-state index in [1.807, 2.05) is 24.4 Å². The molecule has 7 rings (SSSR count). The Morgan fingerprint density at radius 1 is 1.05 bits per heavy atom. The van der Waals surface area contributed by atoms with Crippen LogP contribution in [0.2, 0.25) is 0 Å². The van der Waals surface area contributed by atoms with Crippen LogP contribution in [0.15, 0.2) is 54.9 Å². The fourth-order valence-electron chi connectivity index (χ4n) is 8.76. The minimum absolute atomic E-state index is 0.000718. The third-order valence-corrected chi connectivity index (χ3v) is 11.8. The lowest BCUT2D eigenvalue weighted by molar-refractivity contribution is -0.155. The molecule has 4 aromatic rings. The van der Waals surface area contributed by atoms with Crippen LogP contribution < -0.4 is 10.7 Å². The number of rotatable bonds is 8. The van der Waals surface area contributed by atoms with Crippen molar-refractivity contribution in [1.29, 1.82) is 0 Å². The Morgan fingerprint density at radius 2 is 1.83 bits per heavy atom. The van der Waals surface area contributed by atoms with E-state index in [0.717, 1.165) is 57.3 Å². The van der Waals surface area contributed by atoms with Gasteiger partial charge in [-0.25, -0.2) is 10.2 Å². The molecule has 3 aliphatic rings. The fraction of sp³-hybridized carbons (Fsp3) is 0.500. The van der Waals surface area contributed by atoms with Gasteiger partial charge < -0.3 is 34.1 Å². The highest BCUT2D eigenvalue weighted by Gasteiger charge is 2.37. The van der Waals surface area contributed by atoms with Crippen LogP contribution in [0.25, 0.3) is 33.3 Å². The number of ether oxygens (including phenoxy) is 3. The number of pyridine rings is 1. The standard InChI is InChI=1S/C46H58N6O8/c1-7-51-39-13-12-30-23-34(39)35(40(51)36-25-47-15-14-31(36)26-58-6)24-46(4,5)27-59-44(56)37-11-10-18-52(49-37)43(55)38(21-29-19-32(30)22-33(53)20-29)48-42(54)41(28(2)3)60-45(57)50-16-8-9-17-50/h12-15,19-20,22-23,25,28,37-38,41,49,53H,7-11,16-18,21,24,26-27H2,1-6H3,(H,48,54)/t37-,38-,41?/m0/s1. The number of benzene rings is 2. The van der Waals surface area contributed by atoms with Crippen molar-refractivity contribution in [3.63, 3.8) is 0 Å². The van der Waals surface area contributed by atoms with Gasteiger partial charge in [-0.1, -0.05) is 39.8 Å². The summed E-state index contributed by atoms with van der Waals surface area (Å²) in [4.78, 5) is 61.5. The number of phenols is 1. The number of aromatic nitrogens is 2. The van der Waals surface area contributed by atoms with E-state index in [1.165, 1.54) is 5.01 Å². The third-order valence-electron chi connectivity index (χ3n) is 11.8. The predicted octanol–water partition coefficient (Wildman–Crippen LogP) is 6.15. The topological polar surface area (TPSA) is 165 Å². The van der Waals surface area contributed by atoms with Crippen LogP contribution in [0.3, 0.4) is 0 Å². The molecule has 3 N–H and O–H groups in total. The minimum Gasteiger partial charge on any atom is -0.508 e. The van der Waals surface area contributed by atoms with Gasteiger partial charge in [0.05, 0.1) is 18.9 Å². The van der Waals surface area contributed by atoms with E-state index >= 15 is 0 Å². The van der Waals surface area contributed by atoms with Gasteiger partial charge in [0.1, 0.15) is 17.8 Å². The second-order valence-corrected chi connectivity index (χ2v) is 17.4. The molecule has 2 aromatic heterocycles.